The molecule has 8 heteroatoms. The van der Waals surface area contributed by atoms with Gasteiger partial charge in [-0.1, -0.05) is 42.1 Å². The summed E-state index contributed by atoms with van der Waals surface area (Å²) in [5.74, 6) is -3.16. The Labute approximate surface area is 130 Å². The number of aliphatic carboxylic acids is 2. The summed E-state index contributed by atoms with van der Waals surface area (Å²) in [6.45, 7) is 0. The van der Waals surface area contributed by atoms with Crippen LogP contribution >= 0.6 is 11.8 Å². The molecule has 22 heavy (non-hydrogen) atoms. The van der Waals surface area contributed by atoms with Crippen LogP contribution in [0.15, 0.2) is 30.3 Å². The normalized spacial score (nSPS) is 11.5. The van der Waals surface area contributed by atoms with Gasteiger partial charge in [0.15, 0.2) is 0 Å². The molecule has 0 fully saturated rings. The lowest BCUT2D eigenvalue weighted by Gasteiger charge is -2.12. The standard InChI is InChI=1S/C14H15NO6S/c16-11(15-10(13(19)20)8-12(17)18)6-7-22-14(21)9-4-2-1-3-5-9/h1-5,10H,6-8H2,(H,15,16)(H,17,18)(H,19,20)/t10-/m0/s1. The smallest absolute Gasteiger partial charge is 0.326 e. The molecule has 7 nitrogen and oxygen atoms in total. The molecule has 0 aliphatic carbocycles. The van der Waals surface area contributed by atoms with Gasteiger partial charge in [0.05, 0.1) is 6.42 Å². The molecule has 1 amide bonds. The highest BCUT2D eigenvalue weighted by Crippen LogP contribution is 2.13. The Hall–Kier alpha value is -2.35. The van der Waals surface area contributed by atoms with Crippen LogP contribution in [0.2, 0.25) is 0 Å². The van der Waals surface area contributed by atoms with E-state index < -0.39 is 30.3 Å². The van der Waals surface area contributed by atoms with E-state index >= 15 is 0 Å². The summed E-state index contributed by atoms with van der Waals surface area (Å²) in [4.78, 5) is 44.6. The molecule has 1 aromatic rings. The second-order valence-electron chi connectivity index (χ2n) is 4.31. The van der Waals surface area contributed by atoms with Gasteiger partial charge in [-0.2, -0.15) is 0 Å². The van der Waals surface area contributed by atoms with Gasteiger partial charge in [-0.3, -0.25) is 14.4 Å². The van der Waals surface area contributed by atoms with E-state index in [0.717, 1.165) is 11.8 Å². The van der Waals surface area contributed by atoms with E-state index in [9.17, 15) is 19.2 Å². The topological polar surface area (TPSA) is 121 Å². The highest BCUT2D eigenvalue weighted by Gasteiger charge is 2.22. The van der Waals surface area contributed by atoms with Crippen molar-refractivity contribution < 1.29 is 29.4 Å². The molecule has 0 aliphatic heterocycles. The lowest BCUT2D eigenvalue weighted by Crippen LogP contribution is -2.42. The molecule has 0 aliphatic rings. The van der Waals surface area contributed by atoms with Crippen molar-refractivity contribution in [1.29, 1.82) is 0 Å². The number of carbonyl (C=O) groups excluding carboxylic acids is 2. The second-order valence-corrected chi connectivity index (χ2v) is 5.38. The molecule has 0 bridgehead atoms. The highest BCUT2D eigenvalue weighted by molar-refractivity contribution is 8.14. The molecule has 0 saturated heterocycles. The summed E-state index contributed by atoms with van der Waals surface area (Å²) in [7, 11) is 0. The van der Waals surface area contributed by atoms with Crippen LogP contribution in [0.4, 0.5) is 0 Å². The number of carboxylic acid groups (broad SMARTS) is 2. The number of hydrogen-bond donors (Lipinski definition) is 3. The number of nitrogens with one attached hydrogen (secondary N) is 1. The summed E-state index contributed by atoms with van der Waals surface area (Å²) in [5.41, 5.74) is 0.516. The highest BCUT2D eigenvalue weighted by atomic mass is 32.2. The number of benzene rings is 1. The minimum absolute atomic E-state index is 0.0767. The van der Waals surface area contributed by atoms with Crippen LogP contribution in [-0.4, -0.2) is 45.0 Å². The average molecular weight is 325 g/mol. The minimum atomic E-state index is -1.47. The van der Waals surface area contributed by atoms with Crippen molar-refractivity contribution in [2.45, 2.75) is 18.9 Å². The molecule has 118 valence electrons. The Balaban J connectivity index is 2.38. The molecule has 0 heterocycles. The molecule has 3 N–H and O–H groups in total. The molecule has 1 atom stereocenters. The van der Waals surface area contributed by atoms with Crippen LogP contribution < -0.4 is 5.32 Å². The van der Waals surface area contributed by atoms with E-state index in [-0.39, 0.29) is 17.3 Å². The number of rotatable bonds is 8. The molecule has 0 unspecified atom stereocenters. The second kappa shape index (κ2) is 8.83. The van der Waals surface area contributed by atoms with Crippen molar-refractivity contribution in [2.24, 2.45) is 0 Å². The van der Waals surface area contributed by atoms with E-state index in [1.165, 1.54) is 0 Å². The van der Waals surface area contributed by atoms with Gasteiger partial charge in [0, 0.05) is 17.7 Å². The lowest BCUT2D eigenvalue weighted by atomic mass is 10.2. The zero-order valence-electron chi connectivity index (χ0n) is 11.5. The van der Waals surface area contributed by atoms with Gasteiger partial charge < -0.3 is 15.5 Å². The SMILES string of the molecule is O=C(O)C[C@H](NC(=O)CCSC(=O)c1ccccc1)C(=O)O. The van der Waals surface area contributed by atoms with Crippen LogP contribution in [-0.2, 0) is 14.4 Å². The molecular weight excluding hydrogens is 310 g/mol. The lowest BCUT2D eigenvalue weighted by molar-refractivity contribution is -0.147. The van der Waals surface area contributed by atoms with Crippen LogP contribution in [0.5, 0.6) is 0 Å². The van der Waals surface area contributed by atoms with Crippen molar-refractivity contribution in [1.82, 2.24) is 5.32 Å². The fourth-order valence-corrected chi connectivity index (χ4v) is 2.31. The van der Waals surface area contributed by atoms with E-state index in [1.807, 2.05) is 0 Å². The molecule has 0 spiro atoms. The van der Waals surface area contributed by atoms with Gasteiger partial charge in [0.1, 0.15) is 6.04 Å². The number of hydrogen-bond acceptors (Lipinski definition) is 5. The van der Waals surface area contributed by atoms with Crippen LogP contribution in [0.25, 0.3) is 0 Å². The van der Waals surface area contributed by atoms with Gasteiger partial charge in [-0.25, -0.2) is 4.79 Å². The van der Waals surface area contributed by atoms with Crippen LogP contribution in [0, 0.1) is 0 Å². The number of thioether (sulfide) groups is 1. The Morgan fingerprint density at radius 2 is 1.73 bits per heavy atom. The largest absolute Gasteiger partial charge is 0.481 e. The predicted octanol–water partition coefficient (Wildman–Crippen LogP) is 0.994. The zero-order chi connectivity index (χ0) is 16.5. The third kappa shape index (κ3) is 6.40. The minimum Gasteiger partial charge on any atom is -0.481 e. The Morgan fingerprint density at radius 3 is 2.27 bits per heavy atom. The van der Waals surface area contributed by atoms with Gasteiger partial charge in [0.25, 0.3) is 0 Å². The van der Waals surface area contributed by atoms with Crippen LogP contribution in [0.1, 0.15) is 23.2 Å². The van der Waals surface area contributed by atoms with Crippen molar-refractivity contribution in [3.63, 3.8) is 0 Å². The van der Waals surface area contributed by atoms with Crippen molar-refractivity contribution in [3.05, 3.63) is 35.9 Å². The van der Waals surface area contributed by atoms with Crippen molar-refractivity contribution >= 4 is 34.7 Å². The van der Waals surface area contributed by atoms with E-state index in [1.54, 1.807) is 30.3 Å². The molecule has 0 radical (unpaired) electrons. The van der Waals surface area contributed by atoms with Crippen molar-refractivity contribution in [2.75, 3.05) is 5.75 Å². The first-order chi connectivity index (χ1) is 10.4. The zero-order valence-corrected chi connectivity index (χ0v) is 12.3. The monoisotopic (exact) mass is 325 g/mol. The number of carbonyl (C=O) groups is 4. The van der Waals surface area contributed by atoms with E-state index in [4.69, 9.17) is 10.2 Å². The van der Waals surface area contributed by atoms with E-state index in [2.05, 4.69) is 5.32 Å². The fraction of sp³-hybridized carbons (Fsp3) is 0.286. The van der Waals surface area contributed by atoms with Crippen molar-refractivity contribution in [3.8, 4) is 0 Å². The summed E-state index contributed by atoms with van der Waals surface area (Å²) in [6.07, 6.45) is -0.774. The molecule has 1 aromatic carbocycles. The maximum Gasteiger partial charge on any atom is 0.326 e. The first-order valence-corrected chi connectivity index (χ1v) is 7.35. The molecule has 1 rings (SSSR count). The Morgan fingerprint density at radius 1 is 1.09 bits per heavy atom. The van der Waals surface area contributed by atoms with Gasteiger partial charge >= 0.3 is 11.9 Å². The first-order valence-electron chi connectivity index (χ1n) is 6.36. The molecule has 0 aromatic heterocycles. The summed E-state index contributed by atoms with van der Waals surface area (Å²) in [6, 6.07) is 7.07. The number of amides is 1. The third-order valence-corrected chi connectivity index (χ3v) is 3.49. The Kier molecular flexibility index (Phi) is 7.11. The van der Waals surface area contributed by atoms with Gasteiger partial charge in [0.2, 0.25) is 11.0 Å². The number of carboxylic acids is 2. The Bertz CT molecular complexity index is 560. The van der Waals surface area contributed by atoms with Crippen LogP contribution in [0.3, 0.4) is 0 Å². The van der Waals surface area contributed by atoms with Gasteiger partial charge in [-0.15, -0.1) is 0 Å². The average Bonchev–Trinajstić information content (AvgIpc) is 2.46. The quantitative estimate of drug-likeness (QED) is 0.652. The maximum absolute atomic E-state index is 11.8. The third-order valence-electron chi connectivity index (χ3n) is 2.58. The molecular formula is C14H15NO6S. The summed E-state index contributed by atoms with van der Waals surface area (Å²) >= 11 is 0.944. The van der Waals surface area contributed by atoms with Gasteiger partial charge in [-0.05, 0) is 0 Å². The summed E-state index contributed by atoms with van der Waals surface area (Å²) < 4.78 is 0. The van der Waals surface area contributed by atoms with E-state index in [0.29, 0.717) is 5.56 Å². The first kappa shape index (κ1) is 17.7. The maximum atomic E-state index is 11.8. The predicted molar refractivity (Wildman–Crippen MR) is 79.7 cm³/mol. The summed E-state index contributed by atoms with van der Waals surface area (Å²) in [5, 5.41) is 19.3. The molecule has 0 saturated carbocycles. The fourth-order valence-electron chi connectivity index (χ4n) is 1.54.